The topological polar surface area (TPSA) is 60.2 Å². The highest BCUT2D eigenvalue weighted by Crippen LogP contribution is 2.21. The van der Waals surface area contributed by atoms with Gasteiger partial charge in [-0.3, -0.25) is 4.79 Å². The Bertz CT molecular complexity index is 610. The fraction of sp³-hybridized carbons (Fsp3) is 0.438. The smallest absolute Gasteiger partial charge is 0.227 e. The van der Waals surface area contributed by atoms with Crippen LogP contribution in [0.4, 0.5) is 0 Å². The summed E-state index contributed by atoms with van der Waals surface area (Å²) >= 11 is 0. The minimum Gasteiger partial charge on any atom is -0.494 e. The maximum atomic E-state index is 12.4. The molecule has 6 nitrogen and oxygen atoms in total. The van der Waals surface area contributed by atoms with Crippen molar-refractivity contribution in [1.82, 2.24) is 19.9 Å². The van der Waals surface area contributed by atoms with Crippen molar-refractivity contribution in [3.63, 3.8) is 0 Å². The zero-order valence-corrected chi connectivity index (χ0v) is 12.7. The van der Waals surface area contributed by atoms with Gasteiger partial charge in [0.25, 0.3) is 0 Å². The molecule has 116 valence electrons. The van der Waals surface area contributed by atoms with Crippen molar-refractivity contribution in [3.05, 3.63) is 42.2 Å². The Morgan fingerprint density at radius 3 is 2.68 bits per heavy atom. The molecule has 2 heterocycles. The van der Waals surface area contributed by atoms with Crippen LogP contribution in [0.3, 0.4) is 0 Å². The fourth-order valence-corrected chi connectivity index (χ4v) is 2.73. The first kappa shape index (κ1) is 14.6. The second-order valence-electron chi connectivity index (χ2n) is 5.39. The molecule has 1 amide bonds. The molecular weight excluding hydrogens is 280 g/mol. The number of ether oxygens (including phenoxy) is 1. The molecule has 0 radical (unpaired) electrons. The molecule has 0 spiro atoms. The molecule has 0 saturated carbocycles. The Labute approximate surface area is 129 Å². The summed E-state index contributed by atoms with van der Waals surface area (Å²) in [6.07, 6.45) is 4.67. The van der Waals surface area contributed by atoms with Gasteiger partial charge in [0.15, 0.2) is 0 Å². The highest BCUT2D eigenvalue weighted by atomic mass is 16.5. The number of hydrogen-bond acceptors (Lipinski definition) is 4. The summed E-state index contributed by atoms with van der Waals surface area (Å²) in [6.45, 7) is 4.05. The fourth-order valence-electron chi connectivity index (χ4n) is 2.73. The summed E-state index contributed by atoms with van der Waals surface area (Å²) in [5.74, 6) is 0.989. The second kappa shape index (κ2) is 6.60. The third-order valence-electron chi connectivity index (χ3n) is 3.87. The van der Waals surface area contributed by atoms with Gasteiger partial charge in [-0.2, -0.15) is 15.0 Å². The second-order valence-corrected chi connectivity index (χ2v) is 5.39. The van der Waals surface area contributed by atoms with E-state index in [9.17, 15) is 4.79 Å². The van der Waals surface area contributed by atoms with Gasteiger partial charge in [-0.05, 0) is 31.0 Å². The molecule has 6 heteroatoms. The van der Waals surface area contributed by atoms with Crippen molar-refractivity contribution in [2.75, 3.05) is 19.7 Å². The maximum Gasteiger partial charge on any atom is 0.227 e. The van der Waals surface area contributed by atoms with Crippen LogP contribution in [-0.2, 0) is 11.2 Å². The van der Waals surface area contributed by atoms with E-state index in [1.807, 2.05) is 36.1 Å². The lowest BCUT2D eigenvalue weighted by Crippen LogP contribution is -2.30. The first-order valence-electron chi connectivity index (χ1n) is 7.61. The Morgan fingerprint density at radius 1 is 1.27 bits per heavy atom. The number of amides is 1. The largest absolute Gasteiger partial charge is 0.494 e. The quantitative estimate of drug-likeness (QED) is 0.843. The van der Waals surface area contributed by atoms with Crippen molar-refractivity contribution in [2.24, 2.45) is 0 Å². The number of aromatic nitrogens is 3. The average molecular weight is 300 g/mol. The summed E-state index contributed by atoms with van der Waals surface area (Å²) in [6, 6.07) is 7.91. The molecule has 1 aliphatic heterocycles. The van der Waals surface area contributed by atoms with E-state index in [1.165, 1.54) is 0 Å². The minimum atomic E-state index is 0.152. The first-order valence-corrected chi connectivity index (χ1v) is 7.61. The van der Waals surface area contributed by atoms with E-state index in [-0.39, 0.29) is 11.9 Å². The number of carbonyl (C=O) groups is 1. The summed E-state index contributed by atoms with van der Waals surface area (Å²) < 4.78 is 5.41. The van der Waals surface area contributed by atoms with Crippen molar-refractivity contribution < 1.29 is 9.53 Å². The van der Waals surface area contributed by atoms with Crippen LogP contribution in [0.15, 0.2) is 36.7 Å². The predicted molar refractivity (Wildman–Crippen MR) is 81.6 cm³/mol. The van der Waals surface area contributed by atoms with Gasteiger partial charge in [0, 0.05) is 13.1 Å². The maximum absolute atomic E-state index is 12.4. The van der Waals surface area contributed by atoms with Crippen LogP contribution in [0.25, 0.3) is 0 Å². The van der Waals surface area contributed by atoms with E-state index in [2.05, 4.69) is 10.2 Å². The van der Waals surface area contributed by atoms with E-state index in [0.29, 0.717) is 19.6 Å². The molecule has 2 aromatic rings. The van der Waals surface area contributed by atoms with E-state index in [1.54, 1.807) is 17.2 Å². The van der Waals surface area contributed by atoms with Gasteiger partial charge in [-0.15, -0.1) is 0 Å². The van der Waals surface area contributed by atoms with Crippen molar-refractivity contribution in [1.29, 1.82) is 0 Å². The van der Waals surface area contributed by atoms with Crippen LogP contribution in [0.5, 0.6) is 5.75 Å². The lowest BCUT2D eigenvalue weighted by Gasteiger charge is -2.16. The van der Waals surface area contributed by atoms with Crippen molar-refractivity contribution in [3.8, 4) is 5.75 Å². The highest BCUT2D eigenvalue weighted by molar-refractivity contribution is 5.79. The number of nitrogens with zero attached hydrogens (tertiary/aromatic N) is 4. The molecule has 0 bridgehead atoms. The standard InChI is InChI=1S/C16H20N4O2/c1-2-22-15-5-3-13(4-6-15)11-16(21)19-10-7-14(12-19)20-17-8-9-18-20/h3-6,8-9,14H,2,7,10-12H2,1H3. The number of likely N-dealkylation sites (tertiary alicyclic amines) is 1. The molecule has 1 atom stereocenters. The van der Waals surface area contributed by atoms with E-state index in [0.717, 1.165) is 24.3 Å². The van der Waals surface area contributed by atoms with Gasteiger partial charge in [0.1, 0.15) is 5.75 Å². The predicted octanol–water partition coefficient (Wildman–Crippen LogP) is 1.69. The summed E-state index contributed by atoms with van der Waals surface area (Å²) in [7, 11) is 0. The number of rotatable bonds is 5. The molecule has 3 rings (SSSR count). The van der Waals surface area contributed by atoms with Gasteiger partial charge in [-0.25, -0.2) is 0 Å². The molecule has 0 N–H and O–H groups in total. The lowest BCUT2D eigenvalue weighted by molar-refractivity contribution is -0.129. The number of hydrogen-bond donors (Lipinski definition) is 0. The highest BCUT2D eigenvalue weighted by Gasteiger charge is 2.28. The molecule has 1 aliphatic rings. The molecule has 1 saturated heterocycles. The van der Waals surface area contributed by atoms with Crippen LogP contribution in [0.1, 0.15) is 24.9 Å². The summed E-state index contributed by atoms with van der Waals surface area (Å²) in [5.41, 5.74) is 1.01. The zero-order valence-electron chi connectivity index (χ0n) is 12.7. The molecule has 1 fully saturated rings. The molecule has 1 aromatic carbocycles. The molecule has 22 heavy (non-hydrogen) atoms. The summed E-state index contributed by atoms with van der Waals surface area (Å²) in [4.78, 5) is 16.0. The molecule has 1 unspecified atom stereocenters. The Kier molecular flexibility index (Phi) is 4.37. The van der Waals surface area contributed by atoms with Crippen LogP contribution in [-0.4, -0.2) is 45.5 Å². The van der Waals surface area contributed by atoms with Crippen molar-refractivity contribution >= 4 is 5.91 Å². The molecular formula is C16H20N4O2. The first-order chi connectivity index (χ1) is 10.8. The Balaban J connectivity index is 1.56. The SMILES string of the molecule is CCOc1ccc(CC(=O)N2CCC(n3nccn3)C2)cc1. The van der Waals surface area contributed by atoms with Gasteiger partial charge < -0.3 is 9.64 Å². The number of benzene rings is 1. The van der Waals surface area contributed by atoms with Crippen LogP contribution in [0, 0.1) is 0 Å². The van der Waals surface area contributed by atoms with Gasteiger partial charge in [0.2, 0.25) is 5.91 Å². The monoisotopic (exact) mass is 300 g/mol. The zero-order chi connectivity index (χ0) is 15.4. The summed E-state index contributed by atoms with van der Waals surface area (Å²) in [5, 5.41) is 8.31. The lowest BCUT2D eigenvalue weighted by atomic mass is 10.1. The van der Waals surface area contributed by atoms with Crippen molar-refractivity contribution in [2.45, 2.75) is 25.8 Å². The third kappa shape index (κ3) is 3.27. The van der Waals surface area contributed by atoms with Gasteiger partial charge >= 0.3 is 0 Å². The van der Waals surface area contributed by atoms with Crippen LogP contribution < -0.4 is 4.74 Å². The molecule has 0 aliphatic carbocycles. The van der Waals surface area contributed by atoms with Crippen LogP contribution in [0.2, 0.25) is 0 Å². The van der Waals surface area contributed by atoms with Gasteiger partial charge in [-0.1, -0.05) is 12.1 Å². The van der Waals surface area contributed by atoms with E-state index < -0.39 is 0 Å². The Hall–Kier alpha value is -2.37. The average Bonchev–Trinajstić information content (AvgIpc) is 3.20. The Morgan fingerprint density at radius 2 is 2.00 bits per heavy atom. The number of carbonyl (C=O) groups excluding carboxylic acids is 1. The molecule has 1 aromatic heterocycles. The third-order valence-corrected chi connectivity index (χ3v) is 3.87. The van der Waals surface area contributed by atoms with E-state index in [4.69, 9.17) is 4.74 Å². The van der Waals surface area contributed by atoms with Gasteiger partial charge in [0.05, 0.1) is 31.5 Å². The minimum absolute atomic E-state index is 0.152. The normalized spacial score (nSPS) is 17.7. The van der Waals surface area contributed by atoms with Crippen LogP contribution >= 0.6 is 0 Å². The van der Waals surface area contributed by atoms with E-state index >= 15 is 0 Å².